The van der Waals surface area contributed by atoms with Gasteiger partial charge in [0.05, 0.1) is 0 Å². The number of nitrogens with one attached hydrogen (secondary N) is 1. The number of aromatic nitrogens is 1. The molecule has 2 amide bonds. The largest absolute Gasteiger partial charge is 0.479 e. The summed E-state index contributed by atoms with van der Waals surface area (Å²) in [5.74, 6) is -1.45. The molecule has 2 aliphatic carbocycles. The molecule has 0 aromatic carbocycles. The van der Waals surface area contributed by atoms with Gasteiger partial charge >= 0.3 is 11.9 Å². The fourth-order valence-corrected chi connectivity index (χ4v) is 7.86. The Hall–Kier alpha value is -3.43. The molecule has 8 N–H and O–H groups in total. The summed E-state index contributed by atoms with van der Waals surface area (Å²) in [7, 11) is 0. The second-order valence-electron chi connectivity index (χ2n) is 10.7. The zero-order valence-corrected chi connectivity index (χ0v) is 25.7. The first-order chi connectivity index (χ1) is 20.2. The molecule has 3 fully saturated rings. The predicted octanol–water partition coefficient (Wildman–Crippen LogP) is 3.76. The predicted molar refractivity (Wildman–Crippen MR) is 165 cm³/mol. The van der Waals surface area contributed by atoms with Crippen molar-refractivity contribution in [3.63, 3.8) is 0 Å². The monoisotopic (exact) mass is 636 g/mol. The molecule has 5 rings (SSSR count). The van der Waals surface area contributed by atoms with Crippen molar-refractivity contribution in [3.8, 4) is 0 Å². The molecule has 15 heteroatoms. The third-order valence-electron chi connectivity index (χ3n) is 8.02. The van der Waals surface area contributed by atoms with Crippen molar-refractivity contribution < 1.29 is 34.2 Å². The lowest BCUT2D eigenvalue weighted by Gasteiger charge is -2.49. The molecule has 2 saturated carbocycles. The lowest BCUT2D eigenvalue weighted by molar-refractivity contribution is -0.150. The van der Waals surface area contributed by atoms with Crippen LogP contribution in [0.5, 0.6) is 0 Å². The van der Waals surface area contributed by atoms with Crippen molar-refractivity contribution in [2.24, 2.45) is 17.0 Å². The molecule has 0 unspecified atom stereocenters. The highest BCUT2D eigenvalue weighted by Gasteiger charge is 2.54. The second-order valence-corrected chi connectivity index (χ2v) is 12.7. The van der Waals surface area contributed by atoms with Crippen molar-refractivity contribution in [1.29, 1.82) is 0 Å². The highest BCUT2D eigenvalue weighted by molar-refractivity contribution is 8.00. The first-order valence-corrected chi connectivity index (χ1v) is 16.1. The molecule has 1 aromatic heterocycles. The minimum atomic E-state index is -1.30. The van der Waals surface area contributed by atoms with Gasteiger partial charge in [0, 0.05) is 11.1 Å². The maximum atomic E-state index is 12.7. The molecular formula is C28H40N6O7S2. The van der Waals surface area contributed by atoms with E-state index in [0.29, 0.717) is 11.3 Å². The van der Waals surface area contributed by atoms with E-state index in [9.17, 15) is 24.3 Å². The van der Waals surface area contributed by atoms with E-state index >= 15 is 0 Å². The lowest BCUT2D eigenvalue weighted by atomic mass is 9.73. The maximum Gasteiger partial charge on any atom is 0.352 e. The lowest BCUT2D eigenvalue weighted by Crippen LogP contribution is -2.71. The molecular weight excluding hydrogens is 596 g/mol. The molecule has 43 heavy (non-hydrogen) atoms. The number of thiazole rings is 1. The van der Waals surface area contributed by atoms with Crippen molar-refractivity contribution >= 4 is 57.7 Å². The average Bonchev–Trinajstić information content (AvgIpc) is 3.43. The van der Waals surface area contributed by atoms with E-state index in [1.165, 1.54) is 61.7 Å². The third kappa shape index (κ3) is 8.36. The van der Waals surface area contributed by atoms with E-state index in [-0.39, 0.29) is 28.4 Å². The number of carbonyl (C=O) groups is 4. The highest BCUT2D eigenvalue weighted by Crippen LogP contribution is 2.41. The zero-order chi connectivity index (χ0) is 30.2. The summed E-state index contributed by atoms with van der Waals surface area (Å²) in [6, 6.07) is -1.01. The Morgan fingerprint density at radius 2 is 1.72 bits per heavy atom. The Morgan fingerprint density at radius 1 is 1.12 bits per heavy atom. The number of fused-ring (bicyclic) bond motifs is 1. The van der Waals surface area contributed by atoms with Gasteiger partial charge in [0.25, 0.3) is 11.8 Å². The molecule has 4 aliphatic rings. The summed E-state index contributed by atoms with van der Waals surface area (Å²) >= 11 is 2.30. The summed E-state index contributed by atoms with van der Waals surface area (Å²) in [6.45, 7) is 2.77. The van der Waals surface area contributed by atoms with Crippen molar-refractivity contribution in [2.45, 2.75) is 75.6 Å². The van der Waals surface area contributed by atoms with Crippen LogP contribution < -0.4 is 17.2 Å². The van der Waals surface area contributed by atoms with Crippen molar-refractivity contribution in [1.82, 2.24) is 21.4 Å². The first kappa shape index (κ1) is 34.1. The van der Waals surface area contributed by atoms with Gasteiger partial charge in [-0.25, -0.2) is 14.6 Å². The average molecular weight is 637 g/mol. The molecule has 236 valence electrons. The number of carboxylic acids is 2. The van der Waals surface area contributed by atoms with Crippen LogP contribution in [0.15, 0.2) is 34.5 Å². The molecule has 2 atom stereocenters. The van der Waals surface area contributed by atoms with Gasteiger partial charge in [0.1, 0.15) is 22.8 Å². The summed E-state index contributed by atoms with van der Waals surface area (Å²) in [5.41, 5.74) is 5.48. The smallest absolute Gasteiger partial charge is 0.352 e. The Bertz CT molecular complexity index is 1240. The second kappa shape index (κ2) is 15.9. The Balaban J connectivity index is 0.000000324. The molecule has 0 bridgehead atoms. The normalized spacial score (nSPS) is 22.7. The van der Waals surface area contributed by atoms with Crippen LogP contribution in [0.3, 0.4) is 0 Å². The van der Waals surface area contributed by atoms with Crippen LogP contribution in [0.2, 0.25) is 0 Å². The van der Waals surface area contributed by atoms with Crippen LogP contribution in [-0.2, 0) is 24.0 Å². The molecule has 13 nitrogen and oxygen atoms in total. The number of amides is 2. The molecule has 1 aromatic rings. The van der Waals surface area contributed by atoms with Crippen molar-refractivity contribution in [3.05, 3.63) is 35.0 Å². The van der Waals surface area contributed by atoms with E-state index in [1.54, 1.807) is 25.7 Å². The summed E-state index contributed by atoms with van der Waals surface area (Å²) in [6.07, 6.45) is 16.8. The number of nitrogens with zero attached hydrogens (tertiary/aromatic N) is 3. The summed E-state index contributed by atoms with van der Waals surface area (Å²) in [5, 5.41) is 25.0. The van der Waals surface area contributed by atoms with Gasteiger partial charge in [-0.1, -0.05) is 82.0 Å². The molecule has 1 saturated heterocycles. The Morgan fingerprint density at radius 3 is 2.21 bits per heavy atom. The van der Waals surface area contributed by atoms with Gasteiger partial charge in [-0.15, -0.1) is 23.1 Å². The van der Waals surface area contributed by atoms with Crippen LogP contribution in [-0.4, -0.2) is 73.3 Å². The number of nitrogen functional groups attached to an aromatic ring is 1. The van der Waals surface area contributed by atoms with Gasteiger partial charge < -0.3 is 32.3 Å². The molecule has 0 radical (unpaired) electrons. The van der Waals surface area contributed by atoms with Gasteiger partial charge in [-0.3, -0.25) is 14.5 Å². The van der Waals surface area contributed by atoms with E-state index in [0.717, 1.165) is 28.1 Å². The Labute approximate surface area is 258 Å². The number of nitrogens with two attached hydrogens (primary N) is 1. The standard InChI is InChI=1S/C16H15N5O7S2.C12H22.H3N/c1-2-6-4-29-14-10(13(25)21(14)11(6)15(26)27)19-12(24)9(20-28-3-8(22)23)7-5-30-16(17)18-7;1-3-7-11(8-4-1)12-9-5-2-6-10-12;/h2,5,10,14H,1,3-4H2,(H2,17,18)(H,19,24)(H,22,23)(H,26,27);11-12H,1-10H2;1H3/b20-9-;;/t10-,14-;;/m1../s1. The fraction of sp³-hybridized carbons (Fsp3) is 0.571. The number of hydrogen-bond acceptors (Lipinski definition) is 11. The number of carbonyl (C=O) groups excluding carboxylic acids is 2. The zero-order valence-electron chi connectivity index (χ0n) is 24.0. The van der Waals surface area contributed by atoms with E-state index in [1.807, 2.05) is 0 Å². The number of hydrogen-bond donors (Lipinski definition) is 5. The minimum absolute atomic E-state index is 0. The van der Waals surface area contributed by atoms with E-state index in [2.05, 4.69) is 26.9 Å². The van der Waals surface area contributed by atoms with E-state index < -0.39 is 41.8 Å². The Kier molecular flexibility index (Phi) is 12.6. The quantitative estimate of drug-likeness (QED) is 0.149. The van der Waals surface area contributed by atoms with E-state index in [4.69, 9.17) is 10.8 Å². The third-order valence-corrected chi connectivity index (χ3v) is 10.00. The fourth-order valence-electron chi connectivity index (χ4n) is 5.97. The van der Waals surface area contributed by atoms with Gasteiger partial charge in [-0.2, -0.15) is 0 Å². The summed E-state index contributed by atoms with van der Waals surface area (Å²) < 4.78 is 0. The van der Waals surface area contributed by atoms with Crippen LogP contribution in [0.1, 0.15) is 69.9 Å². The van der Waals surface area contributed by atoms with Crippen LogP contribution >= 0.6 is 23.1 Å². The van der Waals surface area contributed by atoms with Crippen molar-refractivity contribution in [2.75, 3.05) is 18.1 Å². The number of β-lactam (4-membered cyclic amide) rings is 1. The number of thioether (sulfide) groups is 1. The SMILES string of the molecule is C1CCC(C2CCCCC2)CC1.C=CC1=C(C(=O)O)N2C(=O)[C@@H](NC(=O)/C(=N\OCC(=O)O)c3csc(N)n3)[C@H]2SC1.N. The van der Waals surface area contributed by atoms with Gasteiger partial charge in [0.15, 0.2) is 10.8 Å². The highest BCUT2D eigenvalue weighted by atomic mass is 32.2. The van der Waals surface area contributed by atoms with Crippen LogP contribution in [0.4, 0.5) is 5.13 Å². The molecule has 2 aliphatic heterocycles. The topological polar surface area (TPSA) is 220 Å². The van der Waals surface area contributed by atoms with Gasteiger partial charge in [0.2, 0.25) is 6.61 Å². The number of anilines is 1. The molecule has 0 spiro atoms. The number of aliphatic carboxylic acids is 2. The number of oxime groups is 1. The van der Waals surface area contributed by atoms with Crippen LogP contribution in [0, 0.1) is 11.8 Å². The number of allylic oxidation sites excluding steroid dienone is 1. The first-order valence-electron chi connectivity index (χ1n) is 14.2. The molecule has 3 heterocycles. The maximum absolute atomic E-state index is 12.7. The number of rotatable bonds is 9. The van der Waals surface area contributed by atoms with Gasteiger partial charge in [-0.05, 0) is 17.4 Å². The number of carboxylic acid groups (broad SMARTS) is 2. The van der Waals surface area contributed by atoms with Crippen LogP contribution in [0.25, 0.3) is 0 Å². The minimum Gasteiger partial charge on any atom is -0.479 e. The summed E-state index contributed by atoms with van der Waals surface area (Å²) in [4.78, 5) is 57.1.